The molecule has 0 bridgehead atoms. The van der Waals surface area contributed by atoms with Crippen molar-refractivity contribution in [2.75, 3.05) is 13.2 Å². The summed E-state index contributed by atoms with van der Waals surface area (Å²) in [4.78, 5) is 94.4. The van der Waals surface area contributed by atoms with Crippen LogP contribution in [-0.4, -0.2) is 100 Å². The van der Waals surface area contributed by atoms with Crippen LogP contribution in [0.25, 0.3) is 0 Å². The van der Waals surface area contributed by atoms with Crippen molar-refractivity contribution in [3.63, 3.8) is 0 Å². The smallest absolute Gasteiger partial charge is 0.248 e. The maximum Gasteiger partial charge on any atom is 0.248 e. The largest absolute Gasteiger partial charge is 0.394 e. The minimum absolute atomic E-state index is 0.0317. The van der Waals surface area contributed by atoms with Crippen LogP contribution >= 0.6 is 0 Å². The van der Waals surface area contributed by atoms with Crippen LogP contribution in [0, 0.1) is 17.8 Å². The van der Waals surface area contributed by atoms with Gasteiger partial charge in [0.05, 0.1) is 12.6 Å². The lowest BCUT2D eigenvalue weighted by molar-refractivity contribution is -0.145. The van der Waals surface area contributed by atoms with Crippen molar-refractivity contribution in [2.24, 2.45) is 23.5 Å². The maximum atomic E-state index is 13.9. The number of unbranched alkanes of at least 4 members (excludes halogenated alkanes) is 8. The van der Waals surface area contributed by atoms with E-state index in [9.17, 15) is 38.7 Å². The van der Waals surface area contributed by atoms with Crippen LogP contribution in [0.1, 0.15) is 165 Å². The Hall–Kier alpha value is -3.75. The Labute approximate surface area is 348 Å². The van der Waals surface area contributed by atoms with Gasteiger partial charge in [0.15, 0.2) is 0 Å². The third-order valence-corrected chi connectivity index (χ3v) is 10.5. The molecule has 0 aromatic carbocycles. The highest BCUT2D eigenvalue weighted by Gasteiger charge is 2.42. The van der Waals surface area contributed by atoms with E-state index < -0.39 is 71.2 Å². The average Bonchev–Trinajstić information content (AvgIpc) is 3.63. The molecule has 58 heavy (non-hydrogen) atoms. The van der Waals surface area contributed by atoms with E-state index in [4.69, 9.17) is 5.73 Å². The van der Waals surface area contributed by atoms with Crippen LogP contribution in [0.5, 0.6) is 0 Å². The van der Waals surface area contributed by atoms with E-state index in [1.807, 2.05) is 27.7 Å². The number of likely N-dealkylation sites (tertiary alicyclic amines) is 1. The van der Waals surface area contributed by atoms with Gasteiger partial charge < -0.3 is 42.3 Å². The molecule has 5 unspecified atom stereocenters. The molecule has 15 nitrogen and oxygen atoms in total. The van der Waals surface area contributed by atoms with E-state index in [0.29, 0.717) is 32.2 Å². The second-order valence-corrected chi connectivity index (χ2v) is 17.9. The number of nitrogens with two attached hydrogens (primary N) is 1. The lowest BCUT2D eigenvalue weighted by Gasteiger charge is -2.34. The Bertz CT molecular complexity index is 1320. The highest BCUT2D eigenvalue weighted by atomic mass is 16.3. The monoisotopic (exact) mass is 822 g/mol. The summed E-state index contributed by atoms with van der Waals surface area (Å²) in [6.07, 6.45) is 11.9. The third kappa shape index (κ3) is 19.8. The van der Waals surface area contributed by atoms with Gasteiger partial charge in [0.2, 0.25) is 41.4 Å². The lowest BCUT2D eigenvalue weighted by atomic mass is 9.98. The predicted molar refractivity (Wildman–Crippen MR) is 226 cm³/mol. The normalized spacial score (nSPS) is 16.4. The van der Waals surface area contributed by atoms with Crippen molar-refractivity contribution in [3.8, 4) is 0 Å². The molecule has 1 aliphatic rings. The summed E-state index contributed by atoms with van der Waals surface area (Å²) in [7, 11) is 0. The summed E-state index contributed by atoms with van der Waals surface area (Å²) in [6, 6.07) is -4.74. The third-order valence-electron chi connectivity index (χ3n) is 10.5. The summed E-state index contributed by atoms with van der Waals surface area (Å²) < 4.78 is 0. The molecule has 0 aliphatic carbocycles. The van der Waals surface area contributed by atoms with Gasteiger partial charge in [-0.15, -0.1) is 0 Å². The molecule has 334 valence electrons. The van der Waals surface area contributed by atoms with Gasteiger partial charge in [0.25, 0.3) is 0 Å². The number of nitrogens with one attached hydrogen (secondary N) is 5. The fourth-order valence-electron chi connectivity index (χ4n) is 7.33. The van der Waals surface area contributed by atoms with Crippen LogP contribution in [0.3, 0.4) is 0 Å². The number of rotatable bonds is 29. The summed E-state index contributed by atoms with van der Waals surface area (Å²) in [5, 5.41) is 23.7. The number of carbonyl (C=O) groups excluding carboxylic acids is 7. The van der Waals surface area contributed by atoms with E-state index in [-0.39, 0.29) is 49.5 Å². The molecule has 5 atom stereocenters. The molecule has 8 N–H and O–H groups in total. The SMILES string of the molecule is CCCCCCCCCCCC(=O)NC(C)(C)C(=O)N1CCCC1C(=O)NC(CC(C)C)C(=O)NC(C(=O)NC(CCC(N)=O)C(=O)NC(CO)CC(C)C)C(C)C. The lowest BCUT2D eigenvalue weighted by Crippen LogP contribution is -2.61. The maximum absolute atomic E-state index is 13.9. The number of carbonyl (C=O) groups is 7. The summed E-state index contributed by atoms with van der Waals surface area (Å²) in [5.41, 5.74) is 4.10. The molecule has 0 radical (unpaired) electrons. The van der Waals surface area contributed by atoms with Crippen molar-refractivity contribution in [2.45, 2.75) is 201 Å². The van der Waals surface area contributed by atoms with E-state index in [2.05, 4.69) is 33.5 Å². The highest BCUT2D eigenvalue weighted by Crippen LogP contribution is 2.23. The molecule has 0 saturated carbocycles. The number of amides is 7. The van der Waals surface area contributed by atoms with E-state index in [1.165, 1.54) is 37.0 Å². The number of hydrogen-bond acceptors (Lipinski definition) is 8. The fraction of sp³-hybridized carbons (Fsp3) is 0.837. The first kappa shape index (κ1) is 52.3. The van der Waals surface area contributed by atoms with Crippen molar-refractivity contribution >= 4 is 41.4 Å². The van der Waals surface area contributed by atoms with Crippen LogP contribution < -0.4 is 32.3 Å². The minimum Gasteiger partial charge on any atom is -0.394 e. The molecular weight excluding hydrogens is 743 g/mol. The number of hydrogen-bond donors (Lipinski definition) is 7. The van der Waals surface area contributed by atoms with Gasteiger partial charge in [-0.3, -0.25) is 33.6 Å². The number of primary amides is 1. The van der Waals surface area contributed by atoms with Crippen molar-refractivity contribution < 1.29 is 38.7 Å². The van der Waals surface area contributed by atoms with Gasteiger partial charge in [-0.25, -0.2) is 0 Å². The molecule has 1 rings (SSSR count). The molecular formula is C43H79N7O8. The Morgan fingerprint density at radius 1 is 0.724 bits per heavy atom. The summed E-state index contributed by atoms with van der Waals surface area (Å²) in [6.45, 7) is 16.6. The van der Waals surface area contributed by atoms with Gasteiger partial charge in [0, 0.05) is 19.4 Å². The van der Waals surface area contributed by atoms with Gasteiger partial charge >= 0.3 is 0 Å². The van der Waals surface area contributed by atoms with Crippen molar-refractivity contribution in [1.82, 2.24) is 31.5 Å². The fourth-order valence-corrected chi connectivity index (χ4v) is 7.33. The Kier molecular flexibility index (Phi) is 24.4. The van der Waals surface area contributed by atoms with E-state index in [0.717, 1.165) is 25.7 Å². The molecule has 15 heteroatoms. The Morgan fingerprint density at radius 2 is 1.29 bits per heavy atom. The minimum atomic E-state index is -1.24. The molecule has 1 heterocycles. The van der Waals surface area contributed by atoms with Crippen molar-refractivity contribution in [1.29, 1.82) is 0 Å². The molecule has 1 fully saturated rings. The number of aliphatic hydroxyl groups excluding tert-OH is 1. The first-order chi connectivity index (χ1) is 27.2. The molecule has 7 amide bonds. The van der Waals surface area contributed by atoms with Crippen molar-refractivity contribution in [3.05, 3.63) is 0 Å². The second-order valence-electron chi connectivity index (χ2n) is 17.9. The second kappa shape index (κ2) is 27.1. The van der Waals surface area contributed by atoms with Gasteiger partial charge in [0.1, 0.15) is 29.7 Å². The predicted octanol–water partition coefficient (Wildman–Crippen LogP) is 3.74. The summed E-state index contributed by atoms with van der Waals surface area (Å²) >= 11 is 0. The topological polar surface area (TPSA) is 229 Å². The highest BCUT2D eigenvalue weighted by molar-refractivity contribution is 5.97. The number of nitrogens with zero attached hydrogens (tertiary/aromatic N) is 1. The van der Waals surface area contributed by atoms with Crippen LogP contribution in [-0.2, 0) is 33.6 Å². The quantitative estimate of drug-likeness (QED) is 0.0549. The molecule has 0 aromatic heterocycles. The first-order valence-corrected chi connectivity index (χ1v) is 22.0. The van der Waals surface area contributed by atoms with Crippen LogP contribution in [0.15, 0.2) is 0 Å². The average molecular weight is 822 g/mol. The molecule has 0 aromatic rings. The van der Waals surface area contributed by atoms with E-state index in [1.54, 1.807) is 27.7 Å². The van der Waals surface area contributed by atoms with Crippen LogP contribution in [0.4, 0.5) is 0 Å². The van der Waals surface area contributed by atoms with Gasteiger partial charge in [-0.2, -0.15) is 0 Å². The zero-order valence-corrected chi connectivity index (χ0v) is 37.2. The molecule has 1 aliphatic heterocycles. The number of aliphatic hydroxyl groups is 1. The zero-order valence-electron chi connectivity index (χ0n) is 37.2. The zero-order chi connectivity index (χ0) is 44.0. The van der Waals surface area contributed by atoms with Crippen LogP contribution in [0.2, 0.25) is 0 Å². The Morgan fingerprint density at radius 3 is 1.83 bits per heavy atom. The van der Waals surface area contributed by atoms with Gasteiger partial charge in [-0.05, 0) is 70.1 Å². The van der Waals surface area contributed by atoms with Gasteiger partial charge in [-0.1, -0.05) is 99.8 Å². The van der Waals surface area contributed by atoms with E-state index >= 15 is 0 Å². The summed E-state index contributed by atoms with van der Waals surface area (Å²) in [5.74, 6) is -3.91. The molecule has 1 saturated heterocycles. The molecule has 0 spiro atoms. The Balaban J connectivity index is 2.99. The standard InChI is InChI=1S/C43H79N7O8/c1-10-11-12-13-14-15-16-17-18-21-36(53)49-43(8,9)42(58)50-24-19-20-34(50)40(56)47-33(26-29(4)5)39(55)48-37(30(6)7)41(57)46-32(22-23-35(44)52)38(54)45-31(27-51)25-28(2)3/h28-34,37,51H,10-27H2,1-9H3,(H2,44,52)(H,45,54)(H,46,57)(H,47,56)(H,48,55)(H,49,53). The first-order valence-electron chi connectivity index (χ1n) is 22.0.